The maximum atomic E-state index is 13.4. The molecule has 0 spiro atoms. The lowest BCUT2D eigenvalue weighted by molar-refractivity contribution is -0.146. The zero-order valence-corrected chi connectivity index (χ0v) is 14.0. The summed E-state index contributed by atoms with van der Waals surface area (Å²) in [6, 6.07) is 29.3. The lowest BCUT2D eigenvalue weighted by Crippen LogP contribution is -2.40. The first-order valence-corrected chi connectivity index (χ1v) is 8.25. The van der Waals surface area contributed by atoms with Crippen molar-refractivity contribution in [2.24, 2.45) is 0 Å². The highest BCUT2D eigenvalue weighted by atomic mass is 16.5. The quantitative estimate of drug-likeness (QED) is 0.371. The summed E-state index contributed by atoms with van der Waals surface area (Å²) < 4.78 is 5.56. The molecule has 0 N–H and O–H groups in total. The Kier molecular flexibility index (Phi) is 5.10. The zero-order chi connectivity index (χ0) is 17.5. The van der Waals surface area contributed by atoms with Crippen LogP contribution >= 0.6 is 0 Å². The Labute approximate surface area is 148 Å². The minimum atomic E-state index is -1.02. The number of hydrogen-bond acceptors (Lipinski definition) is 2. The van der Waals surface area contributed by atoms with E-state index >= 15 is 0 Å². The summed E-state index contributed by atoms with van der Waals surface area (Å²) in [6.45, 7) is 3.83. The third-order valence-electron chi connectivity index (χ3n) is 4.26. The molecule has 0 amide bonds. The molecule has 0 aliphatic carbocycles. The van der Waals surface area contributed by atoms with Gasteiger partial charge in [-0.3, -0.25) is 4.79 Å². The Morgan fingerprint density at radius 1 is 0.760 bits per heavy atom. The first-order valence-electron chi connectivity index (χ1n) is 8.25. The van der Waals surface area contributed by atoms with E-state index in [4.69, 9.17) is 4.74 Å². The standard InChI is InChI=1S/C23H20O2/c1-2-18-25-22(24)23(19-12-6-3-7-13-19,20-14-8-4-9-15-20)21-16-10-5-11-17-21/h2-17H,1,18H2. The highest BCUT2D eigenvalue weighted by Crippen LogP contribution is 2.40. The molecule has 0 atom stereocenters. The minimum absolute atomic E-state index is 0.174. The van der Waals surface area contributed by atoms with Gasteiger partial charge in [0.05, 0.1) is 0 Å². The van der Waals surface area contributed by atoms with E-state index in [1.54, 1.807) is 6.08 Å². The zero-order valence-electron chi connectivity index (χ0n) is 14.0. The third kappa shape index (κ3) is 3.11. The molecule has 0 aliphatic rings. The van der Waals surface area contributed by atoms with Crippen LogP contribution in [0.3, 0.4) is 0 Å². The topological polar surface area (TPSA) is 26.3 Å². The van der Waals surface area contributed by atoms with Gasteiger partial charge in [-0.25, -0.2) is 0 Å². The van der Waals surface area contributed by atoms with Gasteiger partial charge in [-0.15, -0.1) is 0 Å². The van der Waals surface area contributed by atoms with Crippen molar-refractivity contribution in [2.45, 2.75) is 5.41 Å². The lowest BCUT2D eigenvalue weighted by atomic mass is 9.69. The van der Waals surface area contributed by atoms with Crippen LogP contribution in [0.4, 0.5) is 0 Å². The largest absolute Gasteiger partial charge is 0.460 e. The predicted octanol–water partition coefficient (Wildman–Crippen LogP) is 4.75. The van der Waals surface area contributed by atoms with Crippen LogP contribution in [0.5, 0.6) is 0 Å². The van der Waals surface area contributed by atoms with Gasteiger partial charge in [0, 0.05) is 0 Å². The van der Waals surface area contributed by atoms with Crippen molar-refractivity contribution in [1.29, 1.82) is 0 Å². The van der Waals surface area contributed by atoms with Gasteiger partial charge in [0.15, 0.2) is 0 Å². The first kappa shape index (κ1) is 16.7. The maximum absolute atomic E-state index is 13.4. The van der Waals surface area contributed by atoms with E-state index in [1.807, 2.05) is 91.0 Å². The Morgan fingerprint density at radius 3 is 1.44 bits per heavy atom. The molecule has 3 rings (SSSR count). The maximum Gasteiger partial charge on any atom is 0.325 e. The van der Waals surface area contributed by atoms with Crippen molar-refractivity contribution >= 4 is 5.97 Å². The molecule has 0 aliphatic heterocycles. The molecule has 3 aromatic rings. The Morgan fingerprint density at radius 2 is 1.12 bits per heavy atom. The summed E-state index contributed by atoms with van der Waals surface area (Å²) in [6.07, 6.45) is 1.59. The summed E-state index contributed by atoms with van der Waals surface area (Å²) in [5, 5.41) is 0. The van der Waals surface area contributed by atoms with E-state index in [0.717, 1.165) is 16.7 Å². The molecule has 124 valence electrons. The molecule has 0 unspecified atom stereocenters. The first-order chi connectivity index (χ1) is 12.3. The molecule has 0 bridgehead atoms. The fourth-order valence-corrected chi connectivity index (χ4v) is 3.16. The Hall–Kier alpha value is -3.13. The lowest BCUT2D eigenvalue weighted by Gasteiger charge is -2.33. The van der Waals surface area contributed by atoms with Crippen LogP contribution in [0.25, 0.3) is 0 Å². The minimum Gasteiger partial charge on any atom is -0.460 e. The second-order valence-corrected chi connectivity index (χ2v) is 5.74. The molecular weight excluding hydrogens is 308 g/mol. The fourth-order valence-electron chi connectivity index (χ4n) is 3.16. The molecule has 0 radical (unpaired) electrons. The molecular formula is C23H20O2. The molecule has 25 heavy (non-hydrogen) atoms. The number of carbonyl (C=O) groups is 1. The summed E-state index contributed by atoms with van der Waals surface area (Å²) in [4.78, 5) is 13.4. The third-order valence-corrected chi connectivity index (χ3v) is 4.26. The number of ether oxygens (including phenoxy) is 1. The Bertz CT molecular complexity index is 727. The molecule has 0 heterocycles. The molecule has 3 aromatic carbocycles. The average Bonchev–Trinajstić information content (AvgIpc) is 2.69. The Balaban J connectivity index is 2.31. The van der Waals surface area contributed by atoms with Gasteiger partial charge >= 0.3 is 5.97 Å². The van der Waals surface area contributed by atoms with Crippen LogP contribution < -0.4 is 0 Å². The highest BCUT2D eigenvalue weighted by molar-refractivity contribution is 5.92. The highest BCUT2D eigenvalue weighted by Gasteiger charge is 2.45. The van der Waals surface area contributed by atoms with Crippen molar-refractivity contribution in [3.05, 3.63) is 120 Å². The van der Waals surface area contributed by atoms with Crippen molar-refractivity contribution < 1.29 is 9.53 Å². The molecule has 2 nitrogen and oxygen atoms in total. The van der Waals surface area contributed by atoms with Gasteiger partial charge in [0.2, 0.25) is 0 Å². The van der Waals surface area contributed by atoms with E-state index < -0.39 is 5.41 Å². The summed E-state index contributed by atoms with van der Waals surface area (Å²) >= 11 is 0. The SMILES string of the molecule is C=CCOC(=O)C(c1ccccc1)(c1ccccc1)c1ccccc1. The number of benzene rings is 3. The van der Waals surface area contributed by atoms with Gasteiger partial charge in [0.25, 0.3) is 0 Å². The predicted molar refractivity (Wildman–Crippen MR) is 100 cm³/mol. The second kappa shape index (κ2) is 7.63. The molecule has 0 aromatic heterocycles. The number of esters is 1. The van der Waals surface area contributed by atoms with Crippen molar-refractivity contribution in [1.82, 2.24) is 0 Å². The number of rotatable bonds is 6. The van der Waals surface area contributed by atoms with Crippen LogP contribution in [0.15, 0.2) is 104 Å². The average molecular weight is 328 g/mol. The van der Waals surface area contributed by atoms with Gasteiger partial charge in [0.1, 0.15) is 12.0 Å². The number of carbonyl (C=O) groups excluding carboxylic acids is 1. The fraction of sp³-hybridized carbons (Fsp3) is 0.0870. The second-order valence-electron chi connectivity index (χ2n) is 5.74. The summed E-state index contributed by atoms with van der Waals surface area (Å²) in [5.74, 6) is -0.309. The van der Waals surface area contributed by atoms with E-state index in [0.29, 0.717) is 0 Å². The van der Waals surface area contributed by atoms with E-state index in [2.05, 4.69) is 6.58 Å². The van der Waals surface area contributed by atoms with Crippen molar-refractivity contribution in [3.63, 3.8) is 0 Å². The van der Waals surface area contributed by atoms with Gasteiger partial charge in [-0.1, -0.05) is 104 Å². The van der Waals surface area contributed by atoms with Crippen LogP contribution in [0.1, 0.15) is 16.7 Å². The molecule has 0 fully saturated rings. The summed E-state index contributed by atoms with van der Waals surface area (Å²) in [5.41, 5.74) is 1.61. The monoisotopic (exact) mass is 328 g/mol. The van der Waals surface area contributed by atoms with Crippen LogP contribution in [-0.4, -0.2) is 12.6 Å². The summed E-state index contributed by atoms with van der Waals surface area (Å²) in [7, 11) is 0. The van der Waals surface area contributed by atoms with Crippen molar-refractivity contribution in [2.75, 3.05) is 6.61 Å². The van der Waals surface area contributed by atoms with E-state index in [9.17, 15) is 4.79 Å². The van der Waals surface area contributed by atoms with Crippen molar-refractivity contribution in [3.8, 4) is 0 Å². The van der Waals surface area contributed by atoms with Gasteiger partial charge in [-0.2, -0.15) is 0 Å². The van der Waals surface area contributed by atoms with E-state index in [1.165, 1.54) is 0 Å². The normalized spacial score (nSPS) is 10.9. The van der Waals surface area contributed by atoms with Crippen LogP contribution in [0.2, 0.25) is 0 Å². The molecule has 0 saturated heterocycles. The number of hydrogen-bond donors (Lipinski definition) is 0. The van der Waals surface area contributed by atoms with Crippen LogP contribution in [0, 0.1) is 0 Å². The smallest absolute Gasteiger partial charge is 0.325 e. The van der Waals surface area contributed by atoms with Gasteiger partial charge < -0.3 is 4.74 Å². The van der Waals surface area contributed by atoms with Crippen LogP contribution in [-0.2, 0) is 14.9 Å². The molecule has 0 saturated carbocycles. The van der Waals surface area contributed by atoms with Gasteiger partial charge in [-0.05, 0) is 16.7 Å². The molecule has 2 heteroatoms. The van der Waals surface area contributed by atoms with E-state index in [-0.39, 0.29) is 12.6 Å².